The van der Waals surface area contributed by atoms with E-state index in [-0.39, 0.29) is 11.2 Å². The van der Waals surface area contributed by atoms with Crippen LogP contribution in [0.4, 0.5) is 0 Å². The number of nitrogens with zero attached hydrogens (tertiary/aromatic N) is 4. The monoisotopic (exact) mass is 381 g/mol. The van der Waals surface area contributed by atoms with Crippen LogP contribution < -0.4 is 5.32 Å². The molecule has 0 saturated carbocycles. The molecule has 0 fully saturated rings. The van der Waals surface area contributed by atoms with Gasteiger partial charge in [-0.2, -0.15) is 4.68 Å². The van der Waals surface area contributed by atoms with Crippen LogP contribution in [0.2, 0.25) is 0 Å². The van der Waals surface area contributed by atoms with E-state index in [1.165, 1.54) is 22.9 Å². The molecule has 6 nitrogen and oxygen atoms in total. The summed E-state index contributed by atoms with van der Waals surface area (Å²) in [5.74, 6) is -0.0221. The second-order valence-electron chi connectivity index (χ2n) is 6.45. The Kier molecular flexibility index (Phi) is 6.24. The lowest BCUT2D eigenvalue weighted by atomic mass is 10.1. The Morgan fingerprint density at radius 1 is 1.19 bits per heavy atom. The summed E-state index contributed by atoms with van der Waals surface area (Å²) in [5, 5.41) is 15.3. The van der Waals surface area contributed by atoms with Gasteiger partial charge in [-0.3, -0.25) is 4.79 Å². The van der Waals surface area contributed by atoms with Crippen LogP contribution in [0.3, 0.4) is 0 Å². The van der Waals surface area contributed by atoms with Crippen LogP contribution in [0.25, 0.3) is 5.69 Å². The Labute approximate surface area is 163 Å². The summed E-state index contributed by atoms with van der Waals surface area (Å²) in [4.78, 5) is 12.4. The molecule has 27 heavy (non-hydrogen) atoms. The van der Waals surface area contributed by atoms with E-state index in [1.807, 2.05) is 51.1 Å². The molecule has 1 N–H and O–H groups in total. The molecule has 1 heterocycles. The van der Waals surface area contributed by atoms with Crippen LogP contribution in [-0.4, -0.2) is 37.9 Å². The van der Waals surface area contributed by atoms with Crippen molar-refractivity contribution >= 4 is 17.7 Å². The van der Waals surface area contributed by atoms with E-state index in [4.69, 9.17) is 0 Å². The van der Waals surface area contributed by atoms with E-state index in [0.717, 1.165) is 17.7 Å². The molecular weight excluding hydrogens is 358 g/mol. The van der Waals surface area contributed by atoms with E-state index in [0.29, 0.717) is 11.7 Å². The van der Waals surface area contributed by atoms with Crippen molar-refractivity contribution in [2.75, 3.05) is 6.54 Å². The first-order valence-corrected chi connectivity index (χ1v) is 9.77. The van der Waals surface area contributed by atoms with Gasteiger partial charge in [0.1, 0.15) is 0 Å². The highest BCUT2D eigenvalue weighted by Crippen LogP contribution is 2.24. The van der Waals surface area contributed by atoms with E-state index >= 15 is 0 Å². The van der Waals surface area contributed by atoms with Crippen LogP contribution in [0.15, 0.2) is 53.7 Å². The van der Waals surface area contributed by atoms with E-state index in [2.05, 4.69) is 39.0 Å². The third-order valence-electron chi connectivity index (χ3n) is 4.23. The average Bonchev–Trinajstić information content (AvgIpc) is 3.10. The fraction of sp³-hybridized carbons (Fsp3) is 0.300. The normalized spacial score (nSPS) is 12.0. The van der Waals surface area contributed by atoms with Gasteiger partial charge in [0, 0.05) is 6.54 Å². The number of aromatic nitrogens is 4. The molecule has 2 aromatic carbocycles. The zero-order valence-corrected chi connectivity index (χ0v) is 16.5. The molecule has 3 rings (SSSR count). The molecule has 1 atom stereocenters. The van der Waals surface area contributed by atoms with Crippen molar-refractivity contribution in [1.82, 2.24) is 25.5 Å². The molecular formula is C20H23N5OS. The number of nitrogens with one attached hydrogen (secondary N) is 1. The standard InChI is InChI=1S/C20H23N5OS/c1-14-9-10-18(15(2)13-14)25-20(22-23-24-25)27-16(3)19(26)21-12-11-17-7-5-4-6-8-17/h4-10,13,16H,11-12H2,1-3H3,(H,21,26)/t16-/m0/s1. The minimum atomic E-state index is -0.295. The van der Waals surface area contributed by atoms with Crippen molar-refractivity contribution in [2.24, 2.45) is 0 Å². The number of thioether (sulfide) groups is 1. The van der Waals surface area contributed by atoms with Crippen LogP contribution in [-0.2, 0) is 11.2 Å². The molecule has 0 bridgehead atoms. The Bertz CT molecular complexity index is 910. The molecule has 1 amide bonds. The predicted octanol–water partition coefficient (Wildman–Crippen LogP) is 3.12. The van der Waals surface area contributed by atoms with Crippen molar-refractivity contribution in [2.45, 2.75) is 37.6 Å². The third kappa shape index (κ3) is 4.95. The van der Waals surface area contributed by atoms with Gasteiger partial charge in [-0.25, -0.2) is 0 Å². The first-order chi connectivity index (χ1) is 13.0. The maximum Gasteiger partial charge on any atom is 0.233 e. The molecule has 0 spiro atoms. The summed E-state index contributed by atoms with van der Waals surface area (Å²) < 4.78 is 1.69. The van der Waals surface area contributed by atoms with Gasteiger partial charge in [0.25, 0.3) is 0 Å². The minimum Gasteiger partial charge on any atom is -0.355 e. The number of amides is 1. The van der Waals surface area contributed by atoms with Gasteiger partial charge >= 0.3 is 0 Å². The van der Waals surface area contributed by atoms with Crippen LogP contribution in [0.5, 0.6) is 0 Å². The summed E-state index contributed by atoms with van der Waals surface area (Å²) >= 11 is 1.35. The first kappa shape index (κ1) is 19.1. The number of aryl methyl sites for hydroxylation is 2. The lowest BCUT2D eigenvalue weighted by molar-refractivity contribution is -0.120. The van der Waals surface area contributed by atoms with Crippen molar-refractivity contribution in [3.63, 3.8) is 0 Å². The Morgan fingerprint density at radius 2 is 1.96 bits per heavy atom. The van der Waals surface area contributed by atoms with Gasteiger partial charge in [-0.15, -0.1) is 5.10 Å². The Hall–Kier alpha value is -2.67. The molecule has 140 valence electrons. The zero-order valence-electron chi connectivity index (χ0n) is 15.7. The van der Waals surface area contributed by atoms with E-state index in [1.54, 1.807) is 4.68 Å². The van der Waals surface area contributed by atoms with Crippen molar-refractivity contribution in [3.8, 4) is 5.69 Å². The Morgan fingerprint density at radius 3 is 2.70 bits per heavy atom. The van der Waals surface area contributed by atoms with Crippen molar-refractivity contribution < 1.29 is 4.79 Å². The summed E-state index contributed by atoms with van der Waals surface area (Å²) in [5.41, 5.74) is 4.40. The quantitative estimate of drug-likeness (QED) is 0.637. The Balaban J connectivity index is 1.60. The number of hydrogen-bond donors (Lipinski definition) is 1. The summed E-state index contributed by atoms with van der Waals surface area (Å²) in [6.07, 6.45) is 0.810. The van der Waals surface area contributed by atoms with Gasteiger partial charge < -0.3 is 5.32 Å². The number of hydrogen-bond acceptors (Lipinski definition) is 5. The van der Waals surface area contributed by atoms with Gasteiger partial charge in [0.05, 0.1) is 10.9 Å². The van der Waals surface area contributed by atoms with E-state index in [9.17, 15) is 4.79 Å². The highest BCUT2D eigenvalue weighted by Gasteiger charge is 2.19. The van der Waals surface area contributed by atoms with Gasteiger partial charge in [-0.05, 0) is 54.8 Å². The van der Waals surface area contributed by atoms with Crippen LogP contribution in [0.1, 0.15) is 23.6 Å². The number of carbonyl (C=O) groups is 1. The summed E-state index contributed by atoms with van der Waals surface area (Å²) in [7, 11) is 0. The predicted molar refractivity (Wildman–Crippen MR) is 107 cm³/mol. The second-order valence-corrected chi connectivity index (χ2v) is 7.76. The topological polar surface area (TPSA) is 72.7 Å². The van der Waals surface area contributed by atoms with Crippen molar-refractivity contribution in [3.05, 3.63) is 65.2 Å². The molecule has 0 radical (unpaired) electrons. The van der Waals surface area contributed by atoms with Crippen LogP contribution in [0, 0.1) is 13.8 Å². The van der Waals surface area contributed by atoms with Crippen LogP contribution >= 0.6 is 11.8 Å². The molecule has 7 heteroatoms. The molecule has 1 aromatic heterocycles. The average molecular weight is 382 g/mol. The van der Waals surface area contributed by atoms with Gasteiger partial charge in [0.2, 0.25) is 11.1 Å². The first-order valence-electron chi connectivity index (χ1n) is 8.89. The van der Waals surface area contributed by atoms with Gasteiger partial charge in [-0.1, -0.05) is 59.8 Å². The third-order valence-corrected chi connectivity index (χ3v) is 5.26. The fourth-order valence-corrected chi connectivity index (χ4v) is 3.60. The number of carbonyl (C=O) groups excluding carboxylic acids is 1. The second kappa shape index (κ2) is 8.81. The van der Waals surface area contributed by atoms with Gasteiger partial charge in [0.15, 0.2) is 0 Å². The lowest BCUT2D eigenvalue weighted by Gasteiger charge is -2.12. The summed E-state index contributed by atoms with van der Waals surface area (Å²) in [6.45, 7) is 6.55. The molecule has 0 saturated heterocycles. The van der Waals surface area contributed by atoms with Crippen molar-refractivity contribution in [1.29, 1.82) is 0 Å². The molecule has 0 unspecified atom stereocenters. The SMILES string of the molecule is Cc1ccc(-n2nnnc2S[C@@H](C)C(=O)NCCc2ccccc2)c(C)c1. The maximum absolute atomic E-state index is 12.4. The molecule has 0 aliphatic heterocycles. The highest BCUT2D eigenvalue weighted by molar-refractivity contribution is 8.00. The summed E-state index contributed by atoms with van der Waals surface area (Å²) in [6, 6.07) is 16.2. The molecule has 0 aliphatic rings. The fourth-order valence-electron chi connectivity index (χ4n) is 2.78. The lowest BCUT2D eigenvalue weighted by Crippen LogP contribution is -2.32. The number of rotatable bonds is 7. The largest absolute Gasteiger partial charge is 0.355 e. The number of tetrazole rings is 1. The number of benzene rings is 2. The van der Waals surface area contributed by atoms with E-state index < -0.39 is 0 Å². The smallest absolute Gasteiger partial charge is 0.233 e. The maximum atomic E-state index is 12.4. The molecule has 3 aromatic rings. The zero-order chi connectivity index (χ0) is 19.2. The molecule has 0 aliphatic carbocycles. The highest BCUT2D eigenvalue weighted by atomic mass is 32.2. The minimum absolute atomic E-state index is 0.0221.